The minimum atomic E-state index is -0.681. The number of hydrogen-bond acceptors (Lipinski definition) is 4. The zero-order valence-corrected chi connectivity index (χ0v) is 12.5. The maximum atomic E-state index is 11.8. The Morgan fingerprint density at radius 3 is 2.14 bits per heavy atom. The van der Waals surface area contributed by atoms with Gasteiger partial charge in [-0.1, -0.05) is 0 Å². The predicted molar refractivity (Wildman–Crippen MR) is 83.0 cm³/mol. The highest BCUT2D eigenvalue weighted by Gasteiger charge is 2.45. The van der Waals surface area contributed by atoms with Crippen LogP contribution >= 0.6 is 0 Å². The van der Waals surface area contributed by atoms with Crippen LogP contribution in [0.5, 0.6) is 0 Å². The van der Waals surface area contributed by atoms with Crippen molar-refractivity contribution in [3.8, 4) is 0 Å². The lowest BCUT2D eigenvalue weighted by Crippen LogP contribution is -2.37. The Hall–Kier alpha value is -1.92. The molecule has 2 rings (SSSR count). The quantitative estimate of drug-likeness (QED) is 0.729. The van der Waals surface area contributed by atoms with Crippen molar-refractivity contribution in [2.75, 3.05) is 31.3 Å². The van der Waals surface area contributed by atoms with Gasteiger partial charge in [-0.15, -0.1) is 0 Å². The molecular weight excluding hydrogens is 268 g/mol. The zero-order valence-electron chi connectivity index (χ0n) is 12.5. The fourth-order valence-electron chi connectivity index (χ4n) is 1.80. The smallest absolute Gasteiger partial charge is 0.244 e. The van der Waals surface area contributed by atoms with E-state index in [1.54, 1.807) is 24.3 Å². The molecule has 6 nitrogen and oxygen atoms in total. The summed E-state index contributed by atoms with van der Waals surface area (Å²) in [6.45, 7) is 0.707. The molecule has 2 amide bonds. The highest BCUT2D eigenvalue weighted by molar-refractivity contribution is 6.00. The van der Waals surface area contributed by atoms with Gasteiger partial charge in [0, 0.05) is 24.3 Å². The molecule has 0 aromatic heterocycles. The molecule has 1 aromatic rings. The third kappa shape index (κ3) is 4.54. The van der Waals surface area contributed by atoms with E-state index >= 15 is 0 Å². The topological polar surface area (TPSA) is 87.5 Å². The monoisotopic (exact) mass is 290 g/mol. The molecule has 1 fully saturated rings. The van der Waals surface area contributed by atoms with E-state index in [4.69, 9.17) is 5.73 Å². The van der Waals surface area contributed by atoms with Crippen molar-refractivity contribution in [1.29, 1.82) is 0 Å². The van der Waals surface area contributed by atoms with E-state index in [9.17, 15) is 9.59 Å². The van der Waals surface area contributed by atoms with E-state index < -0.39 is 5.54 Å². The highest BCUT2D eigenvalue weighted by atomic mass is 16.2. The Labute approximate surface area is 124 Å². The number of anilines is 2. The van der Waals surface area contributed by atoms with Crippen LogP contribution in [-0.2, 0) is 9.59 Å². The van der Waals surface area contributed by atoms with Gasteiger partial charge < -0.3 is 21.3 Å². The first-order chi connectivity index (χ1) is 9.89. The second-order valence-corrected chi connectivity index (χ2v) is 5.79. The number of nitrogens with two attached hydrogens (primary N) is 1. The summed E-state index contributed by atoms with van der Waals surface area (Å²) >= 11 is 0. The van der Waals surface area contributed by atoms with Crippen molar-refractivity contribution >= 4 is 23.2 Å². The van der Waals surface area contributed by atoms with E-state index in [1.165, 1.54) is 0 Å². The van der Waals surface area contributed by atoms with Gasteiger partial charge in [0.1, 0.15) is 0 Å². The molecule has 0 radical (unpaired) electrons. The lowest BCUT2D eigenvalue weighted by molar-refractivity contribution is -0.118. The SMILES string of the molecule is CN(C)CCC(=O)Nc1ccc(NC(=O)C2(N)CC2)cc1. The van der Waals surface area contributed by atoms with Crippen LogP contribution in [0.4, 0.5) is 11.4 Å². The molecule has 1 saturated carbocycles. The molecule has 0 aliphatic heterocycles. The Balaban J connectivity index is 1.84. The number of rotatable bonds is 6. The molecule has 6 heteroatoms. The van der Waals surface area contributed by atoms with Crippen LogP contribution in [-0.4, -0.2) is 42.9 Å². The molecule has 0 bridgehead atoms. The number of carbonyl (C=O) groups excluding carboxylic acids is 2. The first kappa shape index (κ1) is 15.5. The van der Waals surface area contributed by atoms with Gasteiger partial charge in [0.15, 0.2) is 0 Å². The fourth-order valence-corrected chi connectivity index (χ4v) is 1.80. The molecule has 1 aliphatic carbocycles. The summed E-state index contributed by atoms with van der Waals surface area (Å²) in [6, 6.07) is 7.04. The maximum Gasteiger partial charge on any atom is 0.244 e. The lowest BCUT2D eigenvalue weighted by Gasteiger charge is -2.12. The van der Waals surface area contributed by atoms with Crippen molar-refractivity contribution in [3.63, 3.8) is 0 Å². The van der Waals surface area contributed by atoms with Crippen LogP contribution in [0, 0.1) is 0 Å². The van der Waals surface area contributed by atoms with E-state index in [0.717, 1.165) is 12.8 Å². The molecular formula is C15H22N4O2. The summed E-state index contributed by atoms with van der Waals surface area (Å²) in [4.78, 5) is 25.5. The third-order valence-electron chi connectivity index (χ3n) is 3.45. The van der Waals surface area contributed by atoms with Crippen LogP contribution in [0.1, 0.15) is 19.3 Å². The maximum absolute atomic E-state index is 11.8. The van der Waals surface area contributed by atoms with E-state index in [1.807, 2.05) is 19.0 Å². The fraction of sp³-hybridized carbons (Fsp3) is 0.467. The van der Waals surface area contributed by atoms with Crippen molar-refractivity contribution in [2.45, 2.75) is 24.8 Å². The summed E-state index contributed by atoms with van der Waals surface area (Å²) < 4.78 is 0. The van der Waals surface area contributed by atoms with E-state index in [0.29, 0.717) is 24.3 Å². The molecule has 0 atom stereocenters. The van der Waals surface area contributed by atoms with Gasteiger partial charge in [-0.25, -0.2) is 0 Å². The summed E-state index contributed by atoms with van der Waals surface area (Å²) in [5.74, 6) is -0.176. The van der Waals surface area contributed by atoms with Gasteiger partial charge in [-0.2, -0.15) is 0 Å². The first-order valence-electron chi connectivity index (χ1n) is 7.04. The average Bonchev–Trinajstić information content (AvgIpc) is 3.18. The van der Waals surface area contributed by atoms with Gasteiger partial charge in [0.2, 0.25) is 11.8 Å². The molecule has 0 saturated heterocycles. The number of carbonyl (C=O) groups is 2. The molecule has 0 unspecified atom stereocenters. The molecule has 4 N–H and O–H groups in total. The van der Waals surface area contributed by atoms with Gasteiger partial charge in [-0.3, -0.25) is 9.59 Å². The number of amides is 2. The van der Waals surface area contributed by atoms with Gasteiger partial charge in [-0.05, 0) is 51.2 Å². The van der Waals surface area contributed by atoms with Gasteiger partial charge >= 0.3 is 0 Å². The Bertz CT molecular complexity index is 521. The predicted octanol–water partition coefficient (Wildman–Crippen LogP) is 1.01. The molecule has 0 heterocycles. The zero-order chi connectivity index (χ0) is 15.5. The van der Waals surface area contributed by atoms with Crippen molar-refractivity contribution < 1.29 is 9.59 Å². The molecule has 0 spiro atoms. The minimum absolute atomic E-state index is 0.0284. The number of benzene rings is 1. The summed E-state index contributed by atoms with van der Waals surface area (Å²) in [5.41, 5.74) is 6.53. The third-order valence-corrected chi connectivity index (χ3v) is 3.45. The highest BCUT2D eigenvalue weighted by Crippen LogP contribution is 2.33. The van der Waals surface area contributed by atoms with E-state index in [2.05, 4.69) is 10.6 Å². The lowest BCUT2D eigenvalue weighted by atomic mass is 10.2. The molecule has 1 aromatic carbocycles. The molecule has 114 valence electrons. The van der Waals surface area contributed by atoms with Crippen LogP contribution in [0.15, 0.2) is 24.3 Å². The van der Waals surface area contributed by atoms with Gasteiger partial charge in [0.05, 0.1) is 5.54 Å². The standard InChI is InChI=1S/C15H22N4O2/c1-19(2)10-7-13(20)17-11-3-5-12(6-4-11)18-14(21)15(16)8-9-15/h3-6H,7-10,16H2,1-2H3,(H,17,20)(H,18,21). The number of nitrogens with one attached hydrogen (secondary N) is 2. The van der Waals surface area contributed by atoms with Crippen molar-refractivity contribution in [2.24, 2.45) is 5.73 Å². The summed E-state index contributed by atoms with van der Waals surface area (Å²) in [7, 11) is 3.85. The Morgan fingerprint density at radius 1 is 1.14 bits per heavy atom. The number of nitrogens with zero attached hydrogens (tertiary/aromatic N) is 1. The first-order valence-corrected chi connectivity index (χ1v) is 7.04. The molecule has 1 aliphatic rings. The second-order valence-electron chi connectivity index (χ2n) is 5.79. The van der Waals surface area contributed by atoms with Crippen LogP contribution in [0.2, 0.25) is 0 Å². The minimum Gasteiger partial charge on any atom is -0.326 e. The van der Waals surface area contributed by atoms with E-state index in [-0.39, 0.29) is 11.8 Å². The normalized spacial score (nSPS) is 15.6. The molecule has 21 heavy (non-hydrogen) atoms. The average molecular weight is 290 g/mol. The van der Waals surface area contributed by atoms with Crippen molar-refractivity contribution in [3.05, 3.63) is 24.3 Å². The summed E-state index contributed by atoms with van der Waals surface area (Å²) in [5, 5.41) is 5.60. The van der Waals surface area contributed by atoms with Crippen molar-refractivity contribution in [1.82, 2.24) is 4.90 Å². The van der Waals surface area contributed by atoms with Crippen LogP contribution < -0.4 is 16.4 Å². The van der Waals surface area contributed by atoms with Crippen LogP contribution in [0.3, 0.4) is 0 Å². The second kappa shape index (κ2) is 6.24. The summed E-state index contributed by atoms with van der Waals surface area (Å²) in [6.07, 6.45) is 1.92. The Kier molecular flexibility index (Phi) is 4.59. The van der Waals surface area contributed by atoms with Crippen LogP contribution in [0.25, 0.3) is 0 Å². The Morgan fingerprint density at radius 2 is 1.67 bits per heavy atom. The van der Waals surface area contributed by atoms with Gasteiger partial charge in [0.25, 0.3) is 0 Å². The number of hydrogen-bond donors (Lipinski definition) is 3. The largest absolute Gasteiger partial charge is 0.326 e.